The second kappa shape index (κ2) is 8.13. The molecule has 24 heavy (non-hydrogen) atoms. The van der Waals surface area contributed by atoms with Crippen molar-refractivity contribution in [2.24, 2.45) is 11.7 Å². The van der Waals surface area contributed by atoms with Gasteiger partial charge in [-0.15, -0.1) is 0 Å². The molecule has 4 nitrogen and oxygen atoms in total. The zero-order chi connectivity index (χ0) is 16.9. The van der Waals surface area contributed by atoms with Gasteiger partial charge in [-0.2, -0.15) is 0 Å². The van der Waals surface area contributed by atoms with Crippen molar-refractivity contribution in [1.29, 1.82) is 0 Å². The van der Waals surface area contributed by atoms with Crippen molar-refractivity contribution in [3.05, 3.63) is 29.8 Å². The predicted molar refractivity (Wildman–Crippen MR) is 98.7 cm³/mol. The molecular formula is C20H31N3O. The highest BCUT2D eigenvalue weighted by Crippen LogP contribution is 2.25. The summed E-state index contributed by atoms with van der Waals surface area (Å²) in [7, 11) is 0. The van der Waals surface area contributed by atoms with Crippen LogP contribution < -0.4 is 11.1 Å². The van der Waals surface area contributed by atoms with E-state index < -0.39 is 0 Å². The smallest absolute Gasteiger partial charge is 0.227 e. The SMILES string of the molecule is CC1CCCCN1Cc1ccc(NC(=O)C2CCCC(N)C2)cc1. The molecule has 0 aromatic heterocycles. The molecule has 0 bridgehead atoms. The van der Waals surface area contributed by atoms with Crippen molar-refractivity contribution >= 4 is 11.6 Å². The summed E-state index contributed by atoms with van der Waals surface area (Å²) in [4.78, 5) is 14.9. The molecule has 0 radical (unpaired) electrons. The van der Waals surface area contributed by atoms with E-state index >= 15 is 0 Å². The summed E-state index contributed by atoms with van der Waals surface area (Å²) in [6.45, 7) is 4.52. The number of carbonyl (C=O) groups is 1. The van der Waals surface area contributed by atoms with E-state index in [2.05, 4.69) is 29.3 Å². The van der Waals surface area contributed by atoms with E-state index in [0.717, 1.165) is 37.9 Å². The number of amides is 1. The Labute approximate surface area is 145 Å². The lowest BCUT2D eigenvalue weighted by atomic mass is 9.85. The van der Waals surface area contributed by atoms with Crippen LogP contribution in [0.15, 0.2) is 24.3 Å². The number of nitrogens with one attached hydrogen (secondary N) is 1. The minimum Gasteiger partial charge on any atom is -0.328 e. The van der Waals surface area contributed by atoms with E-state index in [4.69, 9.17) is 5.73 Å². The van der Waals surface area contributed by atoms with Crippen LogP contribution in [0.4, 0.5) is 5.69 Å². The fourth-order valence-corrected chi connectivity index (χ4v) is 4.03. The zero-order valence-corrected chi connectivity index (χ0v) is 14.8. The summed E-state index contributed by atoms with van der Waals surface area (Å²) in [5.41, 5.74) is 8.21. The van der Waals surface area contributed by atoms with E-state index in [1.807, 2.05) is 12.1 Å². The summed E-state index contributed by atoms with van der Waals surface area (Å²) in [5.74, 6) is 0.199. The molecule has 3 N–H and O–H groups in total. The Balaban J connectivity index is 1.53. The summed E-state index contributed by atoms with van der Waals surface area (Å²) in [6.07, 6.45) is 7.86. The monoisotopic (exact) mass is 329 g/mol. The van der Waals surface area contributed by atoms with Crippen molar-refractivity contribution in [1.82, 2.24) is 4.90 Å². The van der Waals surface area contributed by atoms with Gasteiger partial charge in [-0.3, -0.25) is 9.69 Å². The highest BCUT2D eigenvalue weighted by Gasteiger charge is 2.25. The molecule has 1 aromatic carbocycles. The van der Waals surface area contributed by atoms with E-state index in [0.29, 0.717) is 6.04 Å². The number of rotatable bonds is 4. The second-order valence-corrected chi connectivity index (χ2v) is 7.63. The summed E-state index contributed by atoms with van der Waals surface area (Å²) >= 11 is 0. The van der Waals surface area contributed by atoms with Crippen molar-refractivity contribution in [3.8, 4) is 0 Å². The van der Waals surface area contributed by atoms with Crippen LogP contribution in [0.1, 0.15) is 57.4 Å². The fraction of sp³-hybridized carbons (Fsp3) is 0.650. The molecule has 1 aliphatic carbocycles. The van der Waals surface area contributed by atoms with E-state index in [9.17, 15) is 4.79 Å². The van der Waals surface area contributed by atoms with Crippen LogP contribution in [-0.4, -0.2) is 29.4 Å². The maximum Gasteiger partial charge on any atom is 0.227 e. The number of hydrogen-bond donors (Lipinski definition) is 2. The third kappa shape index (κ3) is 4.58. The van der Waals surface area contributed by atoms with Crippen LogP contribution >= 0.6 is 0 Å². The van der Waals surface area contributed by atoms with Crippen LogP contribution in [-0.2, 0) is 11.3 Å². The van der Waals surface area contributed by atoms with Gasteiger partial charge in [0.25, 0.3) is 0 Å². The van der Waals surface area contributed by atoms with Crippen LogP contribution in [0, 0.1) is 5.92 Å². The second-order valence-electron chi connectivity index (χ2n) is 7.63. The molecule has 4 heteroatoms. The Morgan fingerprint density at radius 3 is 2.67 bits per heavy atom. The molecule has 3 unspecified atom stereocenters. The third-order valence-electron chi connectivity index (χ3n) is 5.63. The Morgan fingerprint density at radius 1 is 1.17 bits per heavy atom. The average Bonchev–Trinajstić information content (AvgIpc) is 2.58. The largest absolute Gasteiger partial charge is 0.328 e. The van der Waals surface area contributed by atoms with Crippen LogP contribution in [0.5, 0.6) is 0 Å². The standard InChI is InChI=1S/C20H31N3O/c1-15-5-2-3-12-23(15)14-16-8-10-19(11-9-16)22-20(24)17-6-4-7-18(21)13-17/h8-11,15,17-18H,2-7,12-14,21H2,1H3,(H,22,24). The number of piperidine rings is 1. The number of carbonyl (C=O) groups excluding carboxylic acids is 1. The minimum atomic E-state index is 0.0719. The van der Waals surface area contributed by atoms with Gasteiger partial charge in [-0.25, -0.2) is 0 Å². The number of nitrogens with zero attached hydrogens (tertiary/aromatic N) is 1. The van der Waals surface area contributed by atoms with Crippen molar-refractivity contribution < 1.29 is 4.79 Å². The number of benzene rings is 1. The lowest BCUT2D eigenvalue weighted by Crippen LogP contribution is -2.36. The van der Waals surface area contributed by atoms with Gasteiger partial charge in [0.05, 0.1) is 0 Å². The number of anilines is 1. The first-order chi connectivity index (χ1) is 11.6. The lowest BCUT2D eigenvalue weighted by Gasteiger charge is -2.33. The van der Waals surface area contributed by atoms with Crippen LogP contribution in [0.3, 0.4) is 0 Å². The molecule has 1 aliphatic heterocycles. The maximum absolute atomic E-state index is 12.4. The predicted octanol–water partition coefficient (Wildman–Crippen LogP) is 3.52. The fourth-order valence-electron chi connectivity index (χ4n) is 4.03. The lowest BCUT2D eigenvalue weighted by molar-refractivity contribution is -0.120. The number of hydrogen-bond acceptors (Lipinski definition) is 3. The third-order valence-corrected chi connectivity index (χ3v) is 5.63. The van der Waals surface area contributed by atoms with Gasteiger partial charge in [-0.05, 0) is 63.3 Å². The molecule has 1 heterocycles. The number of likely N-dealkylation sites (tertiary alicyclic amines) is 1. The Hall–Kier alpha value is -1.39. The van der Waals surface area contributed by atoms with E-state index in [1.165, 1.54) is 31.4 Å². The Morgan fingerprint density at radius 2 is 1.96 bits per heavy atom. The van der Waals surface area contributed by atoms with Gasteiger partial charge in [0.15, 0.2) is 0 Å². The van der Waals surface area contributed by atoms with Crippen molar-refractivity contribution in [2.75, 3.05) is 11.9 Å². The first-order valence-corrected chi connectivity index (χ1v) is 9.51. The molecule has 1 saturated carbocycles. The molecule has 1 amide bonds. The molecule has 132 valence electrons. The van der Waals surface area contributed by atoms with Gasteiger partial charge >= 0.3 is 0 Å². The van der Waals surface area contributed by atoms with E-state index in [-0.39, 0.29) is 17.9 Å². The molecule has 3 atom stereocenters. The minimum absolute atomic E-state index is 0.0719. The van der Waals surface area contributed by atoms with Gasteiger partial charge in [0.1, 0.15) is 0 Å². The number of nitrogens with two attached hydrogens (primary N) is 1. The van der Waals surface area contributed by atoms with Crippen molar-refractivity contribution in [2.45, 2.75) is 70.5 Å². The molecule has 1 aromatic rings. The molecule has 2 aliphatic rings. The first-order valence-electron chi connectivity index (χ1n) is 9.51. The van der Waals surface area contributed by atoms with Crippen molar-refractivity contribution in [3.63, 3.8) is 0 Å². The summed E-state index contributed by atoms with van der Waals surface area (Å²) in [6, 6.07) is 9.21. The van der Waals surface area contributed by atoms with Gasteiger partial charge in [-0.1, -0.05) is 25.0 Å². The van der Waals surface area contributed by atoms with Gasteiger partial charge < -0.3 is 11.1 Å². The Bertz CT molecular complexity index is 542. The first kappa shape index (κ1) is 17.4. The van der Waals surface area contributed by atoms with Crippen LogP contribution in [0.2, 0.25) is 0 Å². The summed E-state index contributed by atoms with van der Waals surface area (Å²) in [5, 5.41) is 3.06. The van der Waals surface area contributed by atoms with Crippen LogP contribution in [0.25, 0.3) is 0 Å². The van der Waals surface area contributed by atoms with Gasteiger partial charge in [0.2, 0.25) is 5.91 Å². The van der Waals surface area contributed by atoms with E-state index in [1.54, 1.807) is 0 Å². The normalized spacial score (nSPS) is 28.5. The highest BCUT2D eigenvalue weighted by atomic mass is 16.1. The quantitative estimate of drug-likeness (QED) is 0.888. The molecule has 3 rings (SSSR count). The maximum atomic E-state index is 12.4. The highest BCUT2D eigenvalue weighted by molar-refractivity contribution is 5.92. The molecule has 1 saturated heterocycles. The van der Waals surface area contributed by atoms with Gasteiger partial charge in [0, 0.05) is 30.2 Å². The molecular weight excluding hydrogens is 298 g/mol. The molecule has 2 fully saturated rings. The Kier molecular flexibility index (Phi) is 5.90. The zero-order valence-electron chi connectivity index (χ0n) is 14.8. The summed E-state index contributed by atoms with van der Waals surface area (Å²) < 4.78 is 0. The molecule has 0 spiro atoms. The topological polar surface area (TPSA) is 58.4 Å². The average molecular weight is 329 g/mol.